The van der Waals surface area contributed by atoms with Crippen LogP contribution in [0.1, 0.15) is 31.4 Å². The van der Waals surface area contributed by atoms with Gasteiger partial charge in [0.15, 0.2) is 5.13 Å². The Morgan fingerprint density at radius 1 is 1.37 bits per heavy atom. The summed E-state index contributed by atoms with van der Waals surface area (Å²) in [7, 11) is 0. The molecule has 98 valence electrons. The summed E-state index contributed by atoms with van der Waals surface area (Å²) in [4.78, 5) is 17.6. The maximum atomic E-state index is 12.1. The first-order valence-electron chi connectivity index (χ1n) is 5.48. The van der Waals surface area contributed by atoms with Gasteiger partial charge >= 0.3 is 0 Å². The number of hydrogen-bond acceptors (Lipinski definition) is 6. The molecule has 1 amide bonds. The van der Waals surface area contributed by atoms with Crippen LogP contribution in [-0.4, -0.2) is 10.9 Å². The Labute approximate surface area is 118 Å². The summed E-state index contributed by atoms with van der Waals surface area (Å²) < 4.78 is 0. The maximum Gasteiger partial charge on any atom is 0.268 e. The topological polar surface area (TPSA) is 91.8 Å². The van der Waals surface area contributed by atoms with Crippen molar-refractivity contribution >= 4 is 38.7 Å². The van der Waals surface area contributed by atoms with Crippen molar-refractivity contribution in [1.82, 2.24) is 4.98 Å². The number of rotatable bonds is 2. The van der Waals surface area contributed by atoms with Crippen LogP contribution in [-0.2, 0) is 0 Å². The van der Waals surface area contributed by atoms with Crippen molar-refractivity contribution in [1.29, 1.82) is 5.26 Å². The molecule has 0 unspecified atom stereocenters. The zero-order chi connectivity index (χ0) is 14.2. The highest BCUT2D eigenvalue weighted by Gasteiger charge is 2.18. The zero-order valence-electron chi connectivity index (χ0n) is 10.7. The number of hydrogen-bond donors (Lipinski definition) is 2. The number of nitrogens with two attached hydrogens (primary N) is 1. The van der Waals surface area contributed by atoms with Gasteiger partial charge in [-0.25, -0.2) is 4.98 Å². The van der Waals surface area contributed by atoms with Gasteiger partial charge in [0, 0.05) is 4.88 Å². The van der Waals surface area contributed by atoms with Gasteiger partial charge in [-0.1, -0.05) is 11.3 Å². The Bertz CT molecular complexity index is 693. The van der Waals surface area contributed by atoms with Gasteiger partial charge in [0.05, 0.1) is 11.3 Å². The fourth-order valence-corrected chi connectivity index (χ4v) is 3.37. The standard InChI is InChI=1S/C12H12N4OS2/c1-5-7(3)18-11(8(5)4-13)16-10(17)9-6(2)15-12(14)19-9/h1-3H3,(H2,14,15)(H,16,17). The monoisotopic (exact) mass is 292 g/mol. The lowest BCUT2D eigenvalue weighted by Crippen LogP contribution is -2.11. The average Bonchev–Trinajstić information content (AvgIpc) is 2.80. The van der Waals surface area contributed by atoms with Crippen LogP contribution in [0.4, 0.5) is 10.1 Å². The molecule has 19 heavy (non-hydrogen) atoms. The second kappa shape index (κ2) is 4.99. The van der Waals surface area contributed by atoms with Crippen molar-refractivity contribution < 1.29 is 4.79 Å². The molecule has 0 aliphatic rings. The molecule has 0 fully saturated rings. The lowest BCUT2D eigenvalue weighted by atomic mass is 10.2. The van der Waals surface area contributed by atoms with Crippen LogP contribution in [0.2, 0.25) is 0 Å². The molecular formula is C12H12N4OS2. The zero-order valence-corrected chi connectivity index (χ0v) is 12.3. The Balaban J connectivity index is 2.32. The van der Waals surface area contributed by atoms with Crippen LogP contribution in [0, 0.1) is 32.1 Å². The third kappa shape index (κ3) is 2.45. The van der Waals surface area contributed by atoms with Crippen molar-refractivity contribution in [3.8, 4) is 6.07 Å². The third-order valence-corrected chi connectivity index (χ3v) is 4.85. The van der Waals surface area contributed by atoms with E-state index in [1.165, 1.54) is 11.3 Å². The predicted octanol–water partition coefficient (Wildman–Crippen LogP) is 2.84. The largest absolute Gasteiger partial charge is 0.375 e. The molecule has 3 N–H and O–H groups in total. The van der Waals surface area contributed by atoms with Crippen molar-refractivity contribution in [3.63, 3.8) is 0 Å². The highest BCUT2D eigenvalue weighted by atomic mass is 32.1. The van der Waals surface area contributed by atoms with Crippen LogP contribution in [0.5, 0.6) is 0 Å². The van der Waals surface area contributed by atoms with Crippen LogP contribution < -0.4 is 11.1 Å². The van der Waals surface area contributed by atoms with E-state index in [0.29, 0.717) is 26.3 Å². The fourth-order valence-electron chi connectivity index (χ4n) is 1.64. The smallest absolute Gasteiger partial charge is 0.268 e. The lowest BCUT2D eigenvalue weighted by molar-refractivity contribution is 0.103. The van der Waals surface area contributed by atoms with Crippen LogP contribution in [0.25, 0.3) is 0 Å². The number of aryl methyl sites for hydroxylation is 2. The van der Waals surface area contributed by atoms with E-state index in [0.717, 1.165) is 21.8 Å². The quantitative estimate of drug-likeness (QED) is 0.890. The van der Waals surface area contributed by atoms with E-state index in [1.54, 1.807) is 6.92 Å². The van der Waals surface area contributed by atoms with Crippen molar-refractivity contribution in [2.24, 2.45) is 0 Å². The number of nitriles is 1. The lowest BCUT2D eigenvalue weighted by Gasteiger charge is -2.01. The molecule has 2 aromatic rings. The Kier molecular flexibility index (Phi) is 3.55. The Morgan fingerprint density at radius 3 is 2.58 bits per heavy atom. The van der Waals surface area contributed by atoms with Crippen LogP contribution in [0.3, 0.4) is 0 Å². The van der Waals surface area contributed by atoms with E-state index in [2.05, 4.69) is 16.4 Å². The summed E-state index contributed by atoms with van der Waals surface area (Å²) in [5, 5.41) is 12.8. The van der Waals surface area contributed by atoms with Gasteiger partial charge in [0.25, 0.3) is 5.91 Å². The normalized spacial score (nSPS) is 10.2. The van der Waals surface area contributed by atoms with Crippen molar-refractivity contribution in [3.05, 3.63) is 26.6 Å². The van der Waals surface area contributed by atoms with E-state index in [4.69, 9.17) is 11.0 Å². The summed E-state index contributed by atoms with van der Waals surface area (Å²) in [6.45, 7) is 5.53. The van der Waals surface area contributed by atoms with Gasteiger partial charge in [-0.2, -0.15) is 5.26 Å². The molecule has 2 heterocycles. The number of nitrogens with one attached hydrogen (secondary N) is 1. The van der Waals surface area contributed by atoms with E-state index in [-0.39, 0.29) is 5.91 Å². The summed E-state index contributed by atoms with van der Waals surface area (Å²) in [5.74, 6) is -0.274. The number of thiazole rings is 1. The molecule has 0 atom stereocenters. The molecule has 0 aromatic carbocycles. The Morgan fingerprint density at radius 2 is 2.05 bits per heavy atom. The highest BCUT2D eigenvalue weighted by Crippen LogP contribution is 2.32. The maximum absolute atomic E-state index is 12.1. The molecule has 5 nitrogen and oxygen atoms in total. The molecule has 2 aromatic heterocycles. The van der Waals surface area contributed by atoms with E-state index >= 15 is 0 Å². The van der Waals surface area contributed by atoms with Gasteiger partial charge in [0.2, 0.25) is 0 Å². The minimum atomic E-state index is -0.274. The van der Waals surface area contributed by atoms with E-state index in [1.807, 2.05) is 13.8 Å². The molecule has 2 rings (SSSR count). The van der Waals surface area contributed by atoms with E-state index in [9.17, 15) is 4.79 Å². The summed E-state index contributed by atoms with van der Waals surface area (Å²) in [6, 6.07) is 2.12. The number of carbonyl (C=O) groups excluding carboxylic acids is 1. The number of nitrogens with zero attached hydrogens (tertiary/aromatic N) is 2. The summed E-state index contributed by atoms with van der Waals surface area (Å²) >= 11 is 2.54. The number of thiophene rings is 1. The number of nitrogen functional groups attached to an aromatic ring is 1. The molecule has 0 saturated heterocycles. The molecule has 0 aliphatic carbocycles. The minimum absolute atomic E-state index is 0.274. The first-order valence-corrected chi connectivity index (χ1v) is 7.11. The fraction of sp³-hybridized carbons (Fsp3) is 0.250. The van der Waals surface area contributed by atoms with Gasteiger partial charge in [-0.3, -0.25) is 4.79 Å². The van der Waals surface area contributed by atoms with Crippen LogP contribution in [0.15, 0.2) is 0 Å². The Hall–Kier alpha value is -1.91. The summed E-state index contributed by atoms with van der Waals surface area (Å²) in [5.41, 5.74) is 7.60. The third-order valence-electron chi connectivity index (χ3n) is 2.74. The van der Waals surface area contributed by atoms with Crippen LogP contribution >= 0.6 is 22.7 Å². The van der Waals surface area contributed by atoms with Gasteiger partial charge in [-0.05, 0) is 26.3 Å². The van der Waals surface area contributed by atoms with Crippen molar-refractivity contribution in [2.75, 3.05) is 11.1 Å². The van der Waals surface area contributed by atoms with Gasteiger partial charge < -0.3 is 11.1 Å². The molecule has 0 spiro atoms. The first-order chi connectivity index (χ1) is 8.93. The number of amides is 1. The second-order valence-electron chi connectivity index (χ2n) is 4.02. The highest BCUT2D eigenvalue weighted by molar-refractivity contribution is 7.18. The molecular weight excluding hydrogens is 280 g/mol. The molecule has 0 bridgehead atoms. The SMILES string of the molecule is Cc1nc(N)sc1C(=O)Nc1sc(C)c(C)c1C#N. The number of aromatic nitrogens is 1. The number of anilines is 2. The molecule has 0 radical (unpaired) electrons. The second-order valence-corrected chi connectivity index (χ2v) is 6.28. The van der Waals surface area contributed by atoms with Gasteiger partial charge in [0.1, 0.15) is 15.9 Å². The van der Waals surface area contributed by atoms with Crippen molar-refractivity contribution in [2.45, 2.75) is 20.8 Å². The van der Waals surface area contributed by atoms with Gasteiger partial charge in [-0.15, -0.1) is 11.3 Å². The average molecular weight is 292 g/mol. The molecule has 0 saturated carbocycles. The molecule has 0 aliphatic heterocycles. The first kappa shape index (κ1) is 13.5. The number of carbonyl (C=O) groups is 1. The summed E-state index contributed by atoms with van der Waals surface area (Å²) in [6.07, 6.45) is 0. The predicted molar refractivity (Wildman–Crippen MR) is 77.7 cm³/mol. The molecule has 7 heteroatoms. The van der Waals surface area contributed by atoms with E-state index < -0.39 is 0 Å². The minimum Gasteiger partial charge on any atom is -0.375 e.